The molecule has 0 saturated carbocycles. The normalized spacial score (nSPS) is 13.8. The Bertz CT molecular complexity index is 528. The van der Waals surface area contributed by atoms with Gasteiger partial charge in [-0.1, -0.05) is 18.2 Å². The van der Waals surface area contributed by atoms with E-state index in [0.29, 0.717) is 10.9 Å². The van der Waals surface area contributed by atoms with Crippen LogP contribution in [0.2, 0.25) is 0 Å². The van der Waals surface area contributed by atoms with Crippen molar-refractivity contribution in [2.24, 2.45) is 0 Å². The van der Waals surface area contributed by atoms with E-state index in [0.717, 1.165) is 0 Å². The summed E-state index contributed by atoms with van der Waals surface area (Å²) in [7, 11) is 0. The Labute approximate surface area is 92.3 Å². The van der Waals surface area contributed by atoms with Gasteiger partial charge in [0.15, 0.2) is 5.82 Å². The van der Waals surface area contributed by atoms with Gasteiger partial charge in [0.2, 0.25) is 0 Å². The van der Waals surface area contributed by atoms with E-state index in [2.05, 4.69) is 10.3 Å². The minimum Gasteiger partial charge on any atom is -0.319 e. The first-order valence-electron chi connectivity index (χ1n) is 5.25. The van der Waals surface area contributed by atoms with Crippen molar-refractivity contribution >= 4 is 10.9 Å². The van der Waals surface area contributed by atoms with Gasteiger partial charge < -0.3 is 10.3 Å². The predicted molar refractivity (Wildman–Crippen MR) is 62.0 cm³/mol. The van der Waals surface area contributed by atoms with Crippen molar-refractivity contribution in [3.8, 4) is 0 Å². The fourth-order valence-electron chi connectivity index (χ4n) is 1.30. The summed E-state index contributed by atoms with van der Waals surface area (Å²) < 4.78 is 12.7. The molecule has 0 atom stereocenters. The van der Waals surface area contributed by atoms with Gasteiger partial charge in [0, 0.05) is 10.9 Å². The smallest absolute Gasteiger partial charge is 0.284 e. The topological polar surface area (TPSA) is 44.9 Å². The van der Waals surface area contributed by atoms with Crippen LogP contribution in [0.25, 0.3) is 10.9 Å². The fourth-order valence-corrected chi connectivity index (χ4v) is 1.30. The number of aromatic nitrogens is 1. The average molecular weight is 220 g/mol. The molecule has 1 saturated heterocycles. The van der Waals surface area contributed by atoms with Crippen molar-refractivity contribution in [3.63, 3.8) is 0 Å². The number of nitrogens with one attached hydrogen (secondary N) is 2. The second-order valence-corrected chi connectivity index (χ2v) is 3.64. The van der Waals surface area contributed by atoms with E-state index < -0.39 is 11.4 Å². The number of rotatable bonds is 0. The molecule has 0 unspecified atom stereocenters. The lowest BCUT2D eigenvalue weighted by Crippen LogP contribution is -2.29. The monoisotopic (exact) mass is 220 g/mol. The van der Waals surface area contributed by atoms with Crippen molar-refractivity contribution in [2.45, 2.75) is 6.42 Å². The van der Waals surface area contributed by atoms with Gasteiger partial charge in [-0.25, -0.2) is 4.39 Å². The molecule has 16 heavy (non-hydrogen) atoms. The number of aromatic amines is 1. The van der Waals surface area contributed by atoms with Crippen LogP contribution in [0.4, 0.5) is 4.39 Å². The molecule has 2 heterocycles. The third kappa shape index (κ3) is 2.46. The van der Waals surface area contributed by atoms with Crippen molar-refractivity contribution in [1.29, 1.82) is 0 Å². The third-order valence-corrected chi connectivity index (χ3v) is 2.42. The summed E-state index contributed by atoms with van der Waals surface area (Å²) in [5, 5.41) is 3.81. The van der Waals surface area contributed by atoms with E-state index in [1.165, 1.54) is 25.6 Å². The third-order valence-electron chi connectivity index (χ3n) is 2.42. The number of hydrogen-bond donors (Lipinski definition) is 2. The SMILES string of the molecule is C1CNC1.O=c1[nH]c2ccccc2cc1F. The van der Waals surface area contributed by atoms with Gasteiger partial charge in [-0.05, 0) is 31.6 Å². The largest absolute Gasteiger partial charge is 0.319 e. The van der Waals surface area contributed by atoms with Gasteiger partial charge in [-0.3, -0.25) is 4.79 Å². The first-order valence-corrected chi connectivity index (χ1v) is 5.25. The Morgan fingerprint density at radius 1 is 1.19 bits per heavy atom. The van der Waals surface area contributed by atoms with Crippen LogP contribution in [0, 0.1) is 5.82 Å². The minimum atomic E-state index is -0.742. The predicted octanol–water partition coefficient (Wildman–Crippen LogP) is 1.65. The van der Waals surface area contributed by atoms with Crippen molar-refractivity contribution < 1.29 is 4.39 Å². The van der Waals surface area contributed by atoms with Gasteiger partial charge in [0.1, 0.15) is 0 Å². The van der Waals surface area contributed by atoms with E-state index in [-0.39, 0.29) is 0 Å². The molecule has 1 fully saturated rings. The summed E-state index contributed by atoms with van der Waals surface area (Å²) in [6.07, 6.45) is 1.39. The van der Waals surface area contributed by atoms with Gasteiger partial charge in [-0.2, -0.15) is 0 Å². The number of pyridine rings is 1. The number of halogens is 1. The Morgan fingerprint density at radius 2 is 1.81 bits per heavy atom. The molecule has 3 rings (SSSR count). The molecule has 1 aliphatic rings. The molecule has 3 nitrogen and oxygen atoms in total. The Balaban J connectivity index is 0.000000203. The summed E-state index contributed by atoms with van der Waals surface area (Å²) in [6, 6.07) is 8.29. The highest BCUT2D eigenvalue weighted by molar-refractivity contribution is 5.77. The van der Waals surface area contributed by atoms with Gasteiger partial charge >= 0.3 is 0 Å². The summed E-state index contributed by atoms with van der Waals surface area (Å²) in [5.74, 6) is -0.742. The van der Waals surface area contributed by atoms with Gasteiger partial charge in [0.25, 0.3) is 5.56 Å². The number of para-hydroxylation sites is 1. The second-order valence-electron chi connectivity index (χ2n) is 3.64. The highest BCUT2D eigenvalue weighted by Gasteiger charge is 1.98. The van der Waals surface area contributed by atoms with Crippen LogP contribution >= 0.6 is 0 Å². The first-order chi connectivity index (χ1) is 7.77. The standard InChI is InChI=1S/C9H6FNO.C3H7N/c10-7-5-6-3-1-2-4-8(6)11-9(7)12;1-2-4-3-1/h1-5H,(H,11,12);4H,1-3H2. The highest BCUT2D eigenvalue weighted by atomic mass is 19.1. The quantitative estimate of drug-likeness (QED) is 0.709. The summed E-state index contributed by atoms with van der Waals surface area (Å²) >= 11 is 0. The fraction of sp³-hybridized carbons (Fsp3) is 0.250. The second kappa shape index (κ2) is 4.90. The molecule has 0 amide bonds. The Kier molecular flexibility index (Phi) is 3.31. The van der Waals surface area contributed by atoms with Crippen molar-refractivity contribution in [3.05, 3.63) is 46.5 Å². The van der Waals surface area contributed by atoms with Gasteiger partial charge in [0.05, 0.1) is 0 Å². The van der Waals surface area contributed by atoms with Crippen LogP contribution in [0.5, 0.6) is 0 Å². The van der Waals surface area contributed by atoms with Crippen molar-refractivity contribution in [2.75, 3.05) is 13.1 Å². The molecule has 1 aromatic heterocycles. The molecular weight excluding hydrogens is 207 g/mol. The lowest BCUT2D eigenvalue weighted by molar-refractivity contribution is 0.527. The first kappa shape index (κ1) is 10.8. The maximum atomic E-state index is 12.7. The molecule has 0 aliphatic carbocycles. The number of benzene rings is 1. The van der Waals surface area contributed by atoms with E-state index in [1.54, 1.807) is 24.3 Å². The van der Waals surface area contributed by atoms with Crippen LogP contribution < -0.4 is 10.9 Å². The Hall–Kier alpha value is -1.68. The van der Waals surface area contributed by atoms with E-state index >= 15 is 0 Å². The summed E-state index contributed by atoms with van der Waals surface area (Å²) in [4.78, 5) is 13.2. The number of H-pyrrole nitrogens is 1. The molecule has 84 valence electrons. The molecule has 2 aromatic rings. The zero-order valence-electron chi connectivity index (χ0n) is 8.79. The minimum absolute atomic E-state index is 0.656. The summed E-state index contributed by atoms with van der Waals surface area (Å²) in [5.41, 5.74) is -0.0161. The number of fused-ring (bicyclic) bond motifs is 1. The maximum absolute atomic E-state index is 12.7. The zero-order valence-corrected chi connectivity index (χ0v) is 8.79. The lowest BCUT2D eigenvalue weighted by Gasteiger charge is -2.09. The summed E-state index contributed by atoms with van der Waals surface area (Å²) in [6.45, 7) is 2.50. The van der Waals surface area contributed by atoms with Crippen LogP contribution in [0.1, 0.15) is 6.42 Å². The van der Waals surface area contributed by atoms with Crippen LogP contribution in [-0.4, -0.2) is 18.1 Å². The molecule has 2 N–H and O–H groups in total. The van der Waals surface area contributed by atoms with Crippen LogP contribution in [0.15, 0.2) is 35.1 Å². The number of hydrogen-bond acceptors (Lipinski definition) is 2. The van der Waals surface area contributed by atoms with Gasteiger partial charge in [-0.15, -0.1) is 0 Å². The molecule has 0 spiro atoms. The van der Waals surface area contributed by atoms with Crippen LogP contribution in [0.3, 0.4) is 0 Å². The Morgan fingerprint density at radius 3 is 2.44 bits per heavy atom. The molecule has 0 bridgehead atoms. The lowest BCUT2D eigenvalue weighted by atomic mass is 10.2. The van der Waals surface area contributed by atoms with Crippen molar-refractivity contribution in [1.82, 2.24) is 10.3 Å². The van der Waals surface area contributed by atoms with E-state index in [9.17, 15) is 9.18 Å². The molecule has 0 radical (unpaired) electrons. The molecular formula is C12H13FN2O. The van der Waals surface area contributed by atoms with Crippen LogP contribution in [-0.2, 0) is 0 Å². The molecule has 1 aliphatic heterocycles. The highest BCUT2D eigenvalue weighted by Crippen LogP contribution is 2.08. The average Bonchev–Trinajstić information content (AvgIpc) is 2.17. The van der Waals surface area contributed by atoms with E-state index in [1.807, 2.05) is 0 Å². The molecule has 1 aromatic carbocycles. The maximum Gasteiger partial charge on any atom is 0.284 e. The molecule has 4 heteroatoms. The zero-order chi connectivity index (χ0) is 11.4. The van der Waals surface area contributed by atoms with E-state index in [4.69, 9.17) is 0 Å².